The molecular formula is C48H30O. The van der Waals surface area contributed by atoms with Gasteiger partial charge in [-0.15, -0.1) is 0 Å². The summed E-state index contributed by atoms with van der Waals surface area (Å²) >= 11 is 0. The average Bonchev–Trinajstić information content (AvgIpc) is 3.73. The van der Waals surface area contributed by atoms with Crippen LogP contribution < -0.4 is 0 Å². The molecular weight excluding hydrogens is 593 g/mol. The monoisotopic (exact) mass is 639 g/mol. The zero-order chi connectivity index (χ0) is 47.1. The van der Waals surface area contributed by atoms with Crippen molar-refractivity contribution in [2.45, 2.75) is 0 Å². The molecule has 0 bridgehead atoms. The molecule has 0 aliphatic heterocycles. The van der Waals surface area contributed by atoms with Crippen molar-refractivity contribution >= 4 is 54.3 Å². The molecule has 49 heavy (non-hydrogen) atoms. The first-order chi connectivity index (χ1) is 31.4. The molecule has 1 aromatic heterocycles. The lowest BCUT2D eigenvalue weighted by Crippen LogP contribution is -1.92. The van der Waals surface area contributed by atoms with E-state index >= 15 is 0 Å². The minimum Gasteiger partial charge on any atom is -0.456 e. The Labute approximate surface area is 308 Å². The number of furan rings is 1. The first-order valence-electron chi connectivity index (χ1n) is 24.0. The molecule has 0 aliphatic carbocycles. The number of hydrogen-bond donors (Lipinski definition) is 0. The van der Waals surface area contributed by atoms with E-state index in [9.17, 15) is 9.60 Å². The molecule has 0 fully saturated rings. The Kier molecular flexibility index (Phi) is 3.54. The van der Waals surface area contributed by atoms with Gasteiger partial charge in [0.1, 0.15) is 11.2 Å². The fraction of sp³-hybridized carbons (Fsp3) is 0. The Morgan fingerprint density at radius 3 is 1.67 bits per heavy atom. The van der Waals surface area contributed by atoms with Gasteiger partial charge in [0.25, 0.3) is 0 Å². The summed E-state index contributed by atoms with van der Waals surface area (Å²) < 4.78 is 159. The maximum atomic E-state index is 9.90. The van der Waals surface area contributed by atoms with E-state index in [0.29, 0.717) is 16.3 Å². The zero-order valence-electron chi connectivity index (χ0n) is 42.4. The topological polar surface area (TPSA) is 13.1 Å². The van der Waals surface area contributed by atoms with Gasteiger partial charge < -0.3 is 4.42 Å². The van der Waals surface area contributed by atoms with Gasteiger partial charge in [-0.1, -0.05) is 163 Å². The number of fused-ring (bicyclic) bond motifs is 6. The van der Waals surface area contributed by atoms with Crippen LogP contribution in [-0.4, -0.2) is 0 Å². The Balaban J connectivity index is 1.41. The molecule has 1 heterocycles. The first-order valence-corrected chi connectivity index (χ1v) is 15.5. The van der Waals surface area contributed by atoms with Crippen molar-refractivity contribution in [1.82, 2.24) is 0 Å². The Hall–Kier alpha value is -6.44. The molecule has 0 unspecified atom stereocenters. The quantitative estimate of drug-likeness (QED) is 0.175. The smallest absolute Gasteiger partial charge is 0.136 e. The maximum absolute atomic E-state index is 9.90. The van der Waals surface area contributed by atoms with E-state index < -0.39 is 136 Å². The van der Waals surface area contributed by atoms with E-state index in [2.05, 4.69) is 0 Å². The van der Waals surface area contributed by atoms with Crippen LogP contribution in [0.3, 0.4) is 0 Å². The van der Waals surface area contributed by atoms with Crippen LogP contribution in [-0.2, 0) is 0 Å². The Morgan fingerprint density at radius 2 is 0.959 bits per heavy atom. The van der Waals surface area contributed by atoms with Gasteiger partial charge in [-0.05, 0) is 95.0 Å². The van der Waals surface area contributed by atoms with Gasteiger partial charge in [0.15, 0.2) is 0 Å². The summed E-state index contributed by atoms with van der Waals surface area (Å²) in [5.41, 5.74) is -0.779. The van der Waals surface area contributed by atoms with Gasteiger partial charge >= 0.3 is 0 Å². The highest BCUT2D eigenvalue weighted by Gasteiger charge is 2.20. The largest absolute Gasteiger partial charge is 0.456 e. The van der Waals surface area contributed by atoms with Crippen LogP contribution in [0.4, 0.5) is 0 Å². The van der Waals surface area contributed by atoms with E-state index in [1.807, 2.05) is 66.7 Å². The molecule has 10 aromatic rings. The molecule has 0 spiro atoms. The molecule has 0 radical (unpaired) electrons. The third kappa shape index (κ3) is 4.33. The van der Waals surface area contributed by atoms with Gasteiger partial charge in [0.2, 0.25) is 0 Å². The van der Waals surface area contributed by atoms with Gasteiger partial charge in [0, 0.05) is 10.8 Å². The number of benzene rings is 9. The van der Waals surface area contributed by atoms with Crippen LogP contribution in [0, 0.1) is 0 Å². The summed E-state index contributed by atoms with van der Waals surface area (Å²) in [6.07, 6.45) is 0. The minimum absolute atomic E-state index is 0.00729. The highest BCUT2D eigenvalue weighted by molar-refractivity contribution is 6.25. The lowest BCUT2D eigenvalue weighted by atomic mass is 9.83. The van der Waals surface area contributed by atoms with Crippen LogP contribution in [0.1, 0.15) is 23.3 Å². The minimum atomic E-state index is -0.778. The summed E-state index contributed by atoms with van der Waals surface area (Å²) in [6.45, 7) is 0. The molecule has 0 saturated heterocycles. The molecule has 0 aliphatic rings. The zero-order valence-corrected chi connectivity index (χ0v) is 25.4. The summed E-state index contributed by atoms with van der Waals surface area (Å²) in [4.78, 5) is 0. The fourth-order valence-electron chi connectivity index (χ4n) is 6.76. The van der Waals surface area contributed by atoms with Crippen LogP contribution in [0.5, 0.6) is 0 Å². The summed E-state index contributed by atoms with van der Waals surface area (Å²) in [7, 11) is 0. The third-order valence-electron chi connectivity index (χ3n) is 8.82. The van der Waals surface area contributed by atoms with Gasteiger partial charge in [-0.2, -0.15) is 0 Å². The number of rotatable bonds is 4. The molecule has 1 nitrogen and oxygen atoms in total. The lowest BCUT2D eigenvalue weighted by Gasteiger charge is -2.19. The van der Waals surface area contributed by atoms with E-state index in [4.69, 9.17) is 18.1 Å². The second-order valence-corrected chi connectivity index (χ2v) is 11.5. The molecule has 0 amide bonds. The summed E-state index contributed by atoms with van der Waals surface area (Å²) in [5, 5.41) is 1.56. The predicted molar refractivity (Wildman–Crippen MR) is 208 cm³/mol. The van der Waals surface area contributed by atoms with Gasteiger partial charge in [-0.25, -0.2) is 0 Å². The van der Waals surface area contributed by atoms with Crippen molar-refractivity contribution in [3.63, 3.8) is 0 Å². The van der Waals surface area contributed by atoms with Gasteiger partial charge in [0.05, 0.1) is 23.3 Å². The van der Waals surface area contributed by atoms with Crippen molar-refractivity contribution in [2.24, 2.45) is 0 Å². The predicted octanol–water partition coefficient (Wildman–Crippen LogP) is 13.7. The maximum Gasteiger partial charge on any atom is 0.136 e. The molecule has 0 saturated carbocycles. The molecule has 10 rings (SSSR count). The van der Waals surface area contributed by atoms with Crippen molar-refractivity contribution in [1.29, 1.82) is 0 Å². The molecule has 228 valence electrons. The van der Waals surface area contributed by atoms with Crippen LogP contribution in [0.2, 0.25) is 0 Å². The Morgan fingerprint density at radius 1 is 0.347 bits per heavy atom. The second-order valence-electron chi connectivity index (χ2n) is 11.5. The molecule has 1 heteroatoms. The molecule has 0 atom stereocenters. The van der Waals surface area contributed by atoms with E-state index in [0.717, 1.165) is 21.9 Å². The van der Waals surface area contributed by atoms with Crippen LogP contribution in [0.15, 0.2) is 186 Å². The highest BCUT2D eigenvalue weighted by atomic mass is 16.3. The van der Waals surface area contributed by atoms with Crippen molar-refractivity contribution < 1.29 is 27.7 Å². The standard InChI is InChI=1S/C48H30O/c1-3-14-31(15-4-1)33-26-27-43-45(30-33)49-44-25-13-24-37(48(43)44)36-28-29-42(35-19-8-7-18-34(35)36)47-40-22-11-9-20-38(40)46(32-16-5-2-6-17-32)39-21-10-12-23-41(39)47/h1-30H/i1D,3D,4D,7D,8D,13D,14D,15D,18D,19D,24D,25D,26D,27D,28D,29D,30D. The SMILES string of the molecule is [2H]c1c([2H])c([2H])c(-c2c([2H])c([2H])c3c(oc4c([2H])c([2H])c([2H])c(-c5c([2H])c([2H])c(-c6c7ccccc7c(-c7ccccc7)c7ccccc67)c6c([2H])c([2H])c([2H])c([2H])c56)c43)c2[2H])c([2H])c1[2H]. The fourth-order valence-corrected chi connectivity index (χ4v) is 6.76. The summed E-state index contributed by atoms with van der Waals surface area (Å²) in [5.74, 6) is 0. The van der Waals surface area contributed by atoms with Crippen LogP contribution in [0.25, 0.3) is 98.8 Å². The van der Waals surface area contributed by atoms with Crippen molar-refractivity contribution in [2.75, 3.05) is 0 Å². The Bertz CT molecular complexity index is 3760. The first kappa shape index (κ1) is 15.6. The third-order valence-corrected chi connectivity index (χ3v) is 8.82. The van der Waals surface area contributed by atoms with E-state index in [-0.39, 0.29) is 27.1 Å². The molecule has 0 N–H and O–H groups in total. The van der Waals surface area contributed by atoms with Gasteiger partial charge in [-0.3, -0.25) is 0 Å². The highest BCUT2D eigenvalue weighted by Crippen LogP contribution is 2.47. The second kappa shape index (κ2) is 11.1. The summed E-state index contributed by atoms with van der Waals surface area (Å²) in [6, 6.07) is 12.7. The van der Waals surface area contributed by atoms with E-state index in [1.165, 1.54) is 0 Å². The normalized spacial score (nSPS) is 16.5. The van der Waals surface area contributed by atoms with Crippen molar-refractivity contribution in [3.05, 3.63) is 182 Å². The average molecular weight is 640 g/mol. The van der Waals surface area contributed by atoms with E-state index in [1.54, 1.807) is 12.1 Å². The lowest BCUT2D eigenvalue weighted by molar-refractivity contribution is 0.669. The number of hydrogen-bond acceptors (Lipinski definition) is 1. The van der Waals surface area contributed by atoms with Crippen LogP contribution >= 0.6 is 0 Å². The van der Waals surface area contributed by atoms with Crippen molar-refractivity contribution in [3.8, 4) is 44.5 Å². The molecule has 9 aromatic carbocycles.